The van der Waals surface area contributed by atoms with Gasteiger partial charge >= 0.3 is 0 Å². The average Bonchev–Trinajstić information content (AvgIpc) is 3.05. The molecule has 122 valence electrons. The Hall–Kier alpha value is -3.00. The van der Waals surface area contributed by atoms with Gasteiger partial charge in [0.2, 0.25) is 9.84 Å². The number of nitrogens with one attached hydrogen (secondary N) is 1. The summed E-state index contributed by atoms with van der Waals surface area (Å²) in [4.78, 5) is 11.7. The number of nitrogens with zero attached hydrogens (tertiary/aromatic N) is 2. The largest absolute Gasteiger partial charge is 0.364 e. The Morgan fingerprint density at radius 1 is 1.04 bits per heavy atom. The van der Waals surface area contributed by atoms with E-state index in [9.17, 15) is 13.2 Å². The van der Waals surface area contributed by atoms with Crippen molar-refractivity contribution >= 4 is 15.7 Å². The minimum absolute atomic E-state index is 0.0326. The summed E-state index contributed by atoms with van der Waals surface area (Å²) < 4.78 is 25.9. The van der Waals surface area contributed by atoms with Crippen molar-refractivity contribution in [1.82, 2.24) is 15.4 Å². The molecule has 1 heterocycles. The van der Waals surface area contributed by atoms with Gasteiger partial charge in [-0.3, -0.25) is 4.79 Å². The number of amides is 1. The van der Waals surface area contributed by atoms with Crippen LogP contribution in [0, 0.1) is 6.92 Å². The third-order valence-electron chi connectivity index (χ3n) is 3.54. The molecule has 0 spiro atoms. The second-order valence-corrected chi connectivity index (χ2v) is 7.12. The van der Waals surface area contributed by atoms with Gasteiger partial charge in [-0.05, 0) is 25.1 Å². The van der Waals surface area contributed by atoms with E-state index in [4.69, 9.17) is 5.73 Å². The highest BCUT2D eigenvalue weighted by Crippen LogP contribution is 2.31. The van der Waals surface area contributed by atoms with E-state index in [2.05, 4.69) is 15.4 Å². The number of aryl methyl sites for hydroxylation is 1. The zero-order valence-corrected chi connectivity index (χ0v) is 13.5. The molecule has 0 aliphatic heterocycles. The van der Waals surface area contributed by atoms with Crippen LogP contribution in [-0.4, -0.2) is 29.7 Å². The maximum Gasteiger partial charge on any atom is 0.271 e. The summed E-state index contributed by atoms with van der Waals surface area (Å²) in [6.45, 7) is 1.87. The average molecular weight is 342 g/mol. The summed E-state index contributed by atoms with van der Waals surface area (Å²) in [5.74, 6) is -0.790. The highest BCUT2D eigenvalue weighted by molar-refractivity contribution is 7.91. The lowest BCUT2D eigenvalue weighted by molar-refractivity contribution is 0.0996. The second kappa shape index (κ2) is 5.89. The van der Waals surface area contributed by atoms with Gasteiger partial charge in [0.05, 0.1) is 9.79 Å². The molecular formula is C16H14N4O3S. The van der Waals surface area contributed by atoms with E-state index in [1.165, 1.54) is 6.07 Å². The number of benzene rings is 2. The Labute approximate surface area is 138 Å². The summed E-state index contributed by atoms with van der Waals surface area (Å²) >= 11 is 0. The minimum Gasteiger partial charge on any atom is -0.364 e. The van der Waals surface area contributed by atoms with Gasteiger partial charge < -0.3 is 5.73 Å². The van der Waals surface area contributed by atoms with E-state index in [0.717, 1.165) is 5.56 Å². The van der Waals surface area contributed by atoms with Crippen molar-refractivity contribution in [2.75, 3.05) is 0 Å². The van der Waals surface area contributed by atoms with Crippen LogP contribution in [0.3, 0.4) is 0 Å². The number of rotatable bonds is 4. The number of primary amides is 1. The molecule has 0 saturated carbocycles. The molecule has 7 nitrogen and oxygen atoms in total. The van der Waals surface area contributed by atoms with Crippen molar-refractivity contribution in [3.8, 4) is 11.3 Å². The lowest BCUT2D eigenvalue weighted by Gasteiger charge is -2.09. The van der Waals surface area contributed by atoms with Gasteiger partial charge in [-0.25, -0.2) is 8.42 Å². The first-order valence-electron chi connectivity index (χ1n) is 7.03. The van der Waals surface area contributed by atoms with Crippen LogP contribution in [0.5, 0.6) is 0 Å². The zero-order valence-electron chi connectivity index (χ0n) is 12.7. The molecule has 1 aromatic heterocycles. The van der Waals surface area contributed by atoms with Crippen molar-refractivity contribution in [2.24, 2.45) is 5.73 Å². The minimum atomic E-state index is -3.79. The van der Waals surface area contributed by atoms with E-state index in [1.807, 2.05) is 6.92 Å². The van der Waals surface area contributed by atoms with Crippen molar-refractivity contribution in [1.29, 1.82) is 0 Å². The normalized spacial score (nSPS) is 11.4. The van der Waals surface area contributed by atoms with Gasteiger partial charge in [-0.1, -0.05) is 35.9 Å². The van der Waals surface area contributed by atoms with Crippen LogP contribution in [0.25, 0.3) is 11.3 Å². The van der Waals surface area contributed by atoms with Crippen molar-refractivity contribution in [3.63, 3.8) is 0 Å². The van der Waals surface area contributed by atoms with Gasteiger partial charge in [0.15, 0.2) is 5.69 Å². The monoisotopic (exact) mass is 342 g/mol. The number of carbonyl (C=O) groups is 1. The number of hydrogen-bond acceptors (Lipinski definition) is 5. The fourth-order valence-corrected chi connectivity index (χ4v) is 3.79. The Kier molecular flexibility index (Phi) is 3.90. The molecule has 0 unspecified atom stereocenters. The first kappa shape index (κ1) is 15.9. The lowest BCUT2D eigenvalue weighted by Crippen LogP contribution is -2.13. The van der Waals surface area contributed by atoms with Crippen LogP contribution < -0.4 is 5.73 Å². The van der Waals surface area contributed by atoms with Crippen molar-refractivity contribution in [3.05, 3.63) is 59.8 Å². The highest BCUT2D eigenvalue weighted by Gasteiger charge is 2.25. The molecule has 24 heavy (non-hydrogen) atoms. The number of nitrogens with two attached hydrogens (primary N) is 1. The van der Waals surface area contributed by atoms with Gasteiger partial charge in [0.25, 0.3) is 5.91 Å². The molecular weight excluding hydrogens is 328 g/mol. The van der Waals surface area contributed by atoms with Crippen LogP contribution >= 0.6 is 0 Å². The SMILES string of the molecule is Cc1ccc(S(=O)(=O)c2ccccc2-c2n[nH]nc2C(N)=O)cc1. The maximum absolute atomic E-state index is 13.0. The fourth-order valence-electron chi connectivity index (χ4n) is 2.33. The topological polar surface area (TPSA) is 119 Å². The van der Waals surface area contributed by atoms with Gasteiger partial charge in [0, 0.05) is 5.56 Å². The summed E-state index contributed by atoms with van der Waals surface area (Å²) in [7, 11) is -3.79. The van der Waals surface area contributed by atoms with E-state index < -0.39 is 15.7 Å². The third-order valence-corrected chi connectivity index (χ3v) is 5.37. The smallest absolute Gasteiger partial charge is 0.271 e. The van der Waals surface area contributed by atoms with E-state index in [-0.39, 0.29) is 26.7 Å². The van der Waals surface area contributed by atoms with Gasteiger partial charge in [0.1, 0.15) is 5.69 Å². The van der Waals surface area contributed by atoms with Gasteiger partial charge in [-0.2, -0.15) is 15.4 Å². The molecule has 0 fully saturated rings. The number of carbonyl (C=O) groups excluding carboxylic acids is 1. The second-order valence-electron chi connectivity index (χ2n) is 5.20. The molecule has 0 aliphatic carbocycles. The summed E-state index contributed by atoms with van der Waals surface area (Å²) in [6.07, 6.45) is 0. The van der Waals surface area contributed by atoms with Crippen molar-refractivity contribution in [2.45, 2.75) is 16.7 Å². The van der Waals surface area contributed by atoms with E-state index in [0.29, 0.717) is 0 Å². The Morgan fingerprint density at radius 2 is 1.71 bits per heavy atom. The molecule has 3 rings (SSSR count). The lowest BCUT2D eigenvalue weighted by atomic mass is 10.1. The Balaban J connectivity index is 2.21. The van der Waals surface area contributed by atoms with E-state index >= 15 is 0 Å². The standard InChI is InChI=1S/C16H14N4O3S/c1-10-6-8-11(9-7-10)24(22,23)13-5-3-2-4-12(13)14-15(16(17)21)19-20-18-14/h2-9H,1H3,(H2,17,21)(H,18,19,20). The van der Waals surface area contributed by atoms with Crippen LogP contribution in [0.1, 0.15) is 16.1 Å². The number of H-pyrrole nitrogens is 1. The molecule has 3 N–H and O–H groups in total. The first-order valence-corrected chi connectivity index (χ1v) is 8.51. The molecule has 0 saturated heterocycles. The number of aromatic amines is 1. The summed E-state index contributed by atoms with van der Waals surface area (Å²) in [5, 5.41) is 9.89. The molecule has 0 radical (unpaired) electrons. The first-order chi connectivity index (χ1) is 11.4. The number of sulfone groups is 1. The summed E-state index contributed by atoms with van der Waals surface area (Å²) in [5.41, 5.74) is 6.49. The van der Waals surface area contributed by atoms with Crippen molar-refractivity contribution < 1.29 is 13.2 Å². The van der Waals surface area contributed by atoms with Crippen LogP contribution in [0.15, 0.2) is 58.3 Å². The summed E-state index contributed by atoms with van der Waals surface area (Å²) in [6, 6.07) is 12.8. The molecule has 0 aliphatic rings. The molecule has 3 aromatic rings. The Morgan fingerprint density at radius 3 is 2.38 bits per heavy atom. The highest BCUT2D eigenvalue weighted by atomic mass is 32.2. The zero-order chi connectivity index (χ0) is 17.3. The maximum atomic E-state index is 13.0. The van der Waals surface area contributed by atoms with Crippen LogP contribution in [0.2, 0.25) is 0 Å². The Bertz CT molecular complexity index is 1010. The molecule has 0 bridgehead atoms. The quantitative estimate of drug-likeness (QED) is 0.748. The molecule has 0 atom stereocenters. The van der Waals surface area contributed by atoms with Crippen LogP contribution in [-0.2, 0) is 9.84 Å². The predicted octanol–water partition coefficient (Wildman–Crippen LogP) is 1.71. The van der Waals surface area contributed by atoms with E-state index in [1.54, 1.807) is 42.5 Å². The molecule has 8 heteroatoms. The van der Waals surface area contributed by atoms with Gasteiger partial charge in [-0.15, -0.1) is 0 Å². The predicted molar refractivity (Wildman–Crippen MR) is 87.0 cm³/mol. The third kappa shape index (κ3) is 2.67. The molecule has 2 aromatic carbocycles. The number of hydrogen-bond donors (Lipinski definition) is 2. The number of aromatic nitrogens is 3. The fraction of sp³-hybridized carbons (Fsp3) is 0.0625. The van der Waals surface area contributed by atoms with Crippen LogP contribution in [0.4, 0.5) is 0 Å². The molecule has 1 amide bonds.